The Bertz CT molecular complexity index is 673. The van der Waals surface area contributed by atoms with E-state index in [0.717, 1.165) is 0 Å². The molecule has 0 radical (unpaired) electrons. The summed E-state index contributed by atoms with van der Waals surface area (Å²) in [6, 6.07) is 10.2. The SMILES string of the molecule is CCc1ccc(-c2ccc(C(=O)OC)cc2)c(C(F)(F)F)c1. The van der Waals surface area contributed by atoms with Crippen molar-refractivity contribution < 1.29 is 22.7 Å². The van der Waals surface area contributed by atoms with Crippen molar-refractivity contribution in [2.24, 2.45) is 0 Å². The molecule has 2 rings (SSSR count). The maximum absolute atomic E-state index is 13.2. The van der Waals surface area contributed by atoms with Crippen molar-refractivity contribution in [1.82, 2.24) is 0 Å². The van der Waals surface area contributed by atoms with E-state index in [2.05, 4.69) is 4.74 Å². The normalized spacial score (nSPS) is 11.3. The van der Waals surface area contributed by atoms with E-state index in [9.17, 15) is 18.0 Å². The molecule has 0 aliphatic carbocycles. The Kier molecular flexibility index (Phi) is 4.54. The summed E-state index contributed by atoms with van der Waals surface area (Å²) in [6.45, 7) is 1.81. The second kappa shape index (κ2) is 6.22. The van der Waals surface area contributed by atoms with E-state index in [0.29, 0.717) is 23.1 Å². The van der Waals surface area contributed by atoms with Crippen molar-refractivity contribution in [3.63, 3.8) is 0 Å². The molecule has 5 heteroatoms. The second-order valence-electron chi connectivity index (χ2n) is 4.80. The van der Waals surface area contributed by atoms with E-state index in [1.165, 1.54) is 43.5 Å². The highest BCUT2D eigenvalue weighted by Gasteiger charge is 2.33. The maximum Gasteiger partial charge on any atom is 0.417 e. The molecule has 116 valence electrons. The highest BCUT2D eigenvalue weighted by molar-refractivity contribution is 5.90. The van der Waals surface area contributed by atoms with Crippen molar-refractivity contribution >= 4 is 5.97 Å². The van der Waals surface area contributed by atoms with Crippen molar-refractivity contribution in [1.29, 1.82) is 0 Å². The molecule has 0 aliphatic rings. The summed E-state index contributed by atoms with van der Waals surface area (Å²) < 4.78 is 44.3. The minimum Gasteiger partial charge on any atom is -0.465 e. The van der Waals surface area contributed by atoms with Gasteiger partial charge >= 0.3 is 12.1 Å². The van der Waals surface area contributed by atoms with Crippen LogP contribution in [0.1, 0.15) is 28.4 Å². The highest BCUT2D eigenvalue weighted by atomic mass is 19.4. The Morgan fingerprint density at radius 3 is 2.23 bits per heavy atom. The van der Waals surface area contributed by atoms with E-state index in [1.54, 1.807) is 13.0 Å². The Labute approximate surface area is 126 Å². The van der Waals surface area contributed by atoms with Crippen LogP contribution in [0.25, 0.3) is 11.1 Å². The third-order valence-electron chi connectivity index (χ3n) is 3.41. The summed E-state index contributed by atoms with van der Waals surface area (Å²) in [6.07, 6.45) is -3.90. The summed E-state index contributed by atoms with van der Waals surface area (Å²) in [5, 5.41) is 0. The van der Waals surface area contributed by atoms with Crippen LogP contribution in [0.15, 0.2) is 42.5 Å². The number of alkyl halides is 3. The molecule has 0 fully saturated rings. The van der Waals surface area contributed by atoms with E-state index >= 15 is 0 Å². The van der Waals surface area contributed by atoms with Crippen LogP contribution in [0, 0.1) is 0 Å². The molecule has 0 unspecified atom stereocenters. The number of hydrogen-bond acceptors (Lipinski definition) is 2. The smallest absolute Gasteiger partial charge is 0.417 e. The topological polar surface area (TPSA) is 26.3 Å². The van der Waals surface area contributed by atoms with E-state index < -0.39 is 17.7 Å². The van der Waals surface area contributed by atoms with Crippen LogP contribution in [0.2, 0.25) is 0 Å². The lowest BCUT2D eigenvalue weighted by molar-refractivity contribution is -0.137. The van der Waals surface area contributed by atoms with Gasteiger partial charge in [0.15, 0.2) is 0 Å². The van der Waals surface area contributed by atoms with Gasteiger partial charge < -0.3 is 4.74 Å². The van der Waals surface area contributed by atoms with Crippen LogP contribution >= 0.6 is 0 Å². The summed E-state index contributed by atoms with van der Waals surface area (Å²) in [7, 11) is 1.25. The van der Waals surface area contributed by atoms with Crippen LogP contribution in [0.5, 0.6) is 0 Å². The van der Waals surface area contributed by atoms with Crippen LogP contribution in [-0.4, -0.2) is 13.1 Å². The first-order valence-corrected chi connectivity index (χ1v) is 6.75. The first kappa shape index (κ1) is 16.1. The van der Waals surface area contributed by atoms with Gasteiger partial charge in [0.25, 0.3) is 0 Å². The van der Waals surface area contributed by atoms with Gasteiger partial charge in [-0.25, -0.2) is 4.79 Å². The third kappa shape index (κ3) is 3.30. The molecule has 0 N–H and O–H groups in total. The minimum atomic E-state index is -4.43. The fraction of sp³-hybridized carbons (Fsp3) is 0.235. The lowest BCUT2D eigenvalue weighted by Gasteiger charge is -2.14. The fourth-order valence-electron chi connectivity index (χ4n) is 2.20. The van der Waals surface area contributed by atoms with Gasteiger partial charge in [-0.1, -0.05) is 31.2 Å². The standard InChI is InChI=1S/C17H15F3O2/c1-3-11-4-9-14(15(10-11)17(18,19)20)12-5-7-13(8-6-12)16(21)22-2/h4-10H,3H2,1-2H3. The van der Waals surface area contributed by atoms with Crippen molar-refractivity contribution in [2.75, 3.05) is 7.11 Å². The summed E-state index contributed by atoms with van der Waals surface area (Å²) in [5.74, 6) is -0.524. The molecule has 2 aromatic carbocycles. The first-order valence-electron chi connectivity index (χ1n) is 6.75. The molecule has 2 nitrogen and oxygen atoms in total. The first-order chi connectivity index (χ1) is 10.4. The Morgan fingerprint density at radius 1 is 1.09 bits per heavy atom. The molecule has 0 heterocycles. The van der Waals surface area contributed by atoms with Gasteiger partial charge in [0, 0.05) is 0 Å². The van der Waals surface area contributed by atoms with Gasteiger partial charge in [0.2, 0.25) is 0 Å². The number of hydrogen-bond donors (Lipinski definition) is 0. The Morgan fingerprint density at radius 2 is 1.73 bits per heavy atom. The second-order valence-corrected chi connectivity index (χ2v) is 4.80. The van der Waals surface area contributed by atoms with Gasteiger partial charge in [0.05, 0.1) is 18.2 Å². The Hall–Kier alpha value is -2.30. The quantitative estimate of drug-likeness (QED) is 0.767. The number of carbonyl (C=O) groups is 1. The van der Waals surface area contributed by atoms with E-state index in [-0.39, 0.29) is 5.56 Å². The molecule has 22 heavy (non-hydrogen) atoms. The number of rotatable bonds is 3. The van der Waals surface area contributed by atoms with Gasteiger partial charge in [-0.3, -0.25) is 0 Å². The van der Waals surface area contributed by atoms with Crippen molar-refractivity contribution in [2.45, 2.75) is 19.5 Å². The van der Waals surface area contributed by atoms with Gasteiger partial charge in [-0.15, -0.1) is 0 Å². The van der Waals surface area contributed by atoms with Crippen molar-refractivity contribution in [3.05, 3.63) is 59.2 Å². The predicted octanol–water partition coefficient (Wildman–Crippen LogP) is 4.72. The van der Waals surface area contributed by atoms with Gasteiger partial charge in [-0.2, -0.15) is 13.2 Å². The molecule has 0 aliphatic heterocycles. The van der Waals surface area contributed by atoms with Crippen molar-refractivity contribution in [3.8, 4) is 11.1 Å². The zero-order chi connectivity index (χ0) is 16.3. The molecule has 0 spiro atoms. The van der Waals surface area contributed by atoms with Crippen LogP contribution in [0.3, 0.4) is 0 Å². The van der Waals surface area contributed by atoms with E-state index in [1.807, 2.05) is 0 Å². The fourth-order valence-corrected chi connectivity index (χ4v) is 2.20. The maximum atomic E-state index is 13.2. The predicted molar refractivity (Wildman–Crippen MR) is 77.6 cm³/mol. The van der Waals surface area contributed by atoms with Gasteiger partial charge in [-0.05, 0) is 41.3 Å². The Balaban J connectivity index is 2.50. The molecule has 0 bridgehead atoms. The molecular weight excluding hydrogens is 293 g/mol. The average Bonchev–Trinajstić information content (AvgIpc) is 2.53. The molecule has 0 atom stereocenters. The number of halogens is 3. The molecule has 2 aromatic rings. The highest BCUT2D eigenvalue weighted by Crippen LogP contribution is 2.37. The zero-order valence-corrected chi connectivity index (χ0v) is 12.2. The summed E-state index contributed by atoms with van der Waals surface area (Å²) in [4.78, 5) is 11.4. The lowest BCUT2D eigenvalue weighted by Crippen LogP contribution is -2.08. The largest absolute Gasteiger partial charge is 0.465 e. The van der Waals surface area contributed by atoms with Crippen LogP contribution in [0.4, 0.5) is 13.2 Å². The lowest BCUT2D eigenvalue weighted by atomic mass is 9.95. The summed E-state index contributed by atoms with van der Waals surface area (Å²) in [5.41, 5.74) is 0.758. The number of methoxy groups -OCH3 is 1. The minimum absolute atomic E-state index is 0.0983. The number of carbonyl (C=O) groups excluding carboxylic acids is 1. The summed E-state index contributed by atoms with van der Waals surface area (Å²) >= 11 is 0. The zero-order valence-electron chi connectivity index (χ0n) is 12.2. The monoisotopic (exact) mass is 308 g/mol. The molecule has 0 saturated heterocycles. The molecular formula is C17H15F3O2. The number of ether oxygens (including phenoxy) is 1. The van der Waals surface area contributed by atoms with Crippen LogP contribution in [-0.2, 0) is 17.3 Å². The van der Waals surface area contributed by atoms with E-state index in [4.69, 9.17) is 0 Å². The number of benzene rings is 2. The third-order valence-corrected chi connectivity index (χ3v) is 3.41. The van der Waals surface area contributed by atoms with Crippen LogP contribution < -0.4 is 0 Å². The number of aryl methyl sites for hydroxylation is 1. The number of esters is 1. The molecule has 0 amide bonds. The molecule has 0 saturated carbocycles. The molecule has 0 aromatic heterocycles. The van der Waals surface area contributed by atoms with Gasteiger partial charge in [0.1, 0.15) is 0 Å². The average molecular weight is 308 g/mol.